The quantitative estimate of drug-likeness (QED) is 0.854. The fourth-order valence-corrected chi connectivity index (χ4v) is 3.44. The molecular formula is C15H19N3O. The molecule has 2 aliphatic rings. The van der Waals surface area contributed by atoms with Gasteiger partial charge in [0.25, 0.3) is 0 Å². The summed E-state index contributed by atoms with van der Waals surface area (Å²) in [4.78, 5) is 10.5. The molecular weight excluding hydrogens is 238 g/mol. The van der Waals surface area contributed by atoms with E-state index in [-0.39, 0.29) is 5.60 Å². The predicted molar refractivity (Wildman–Crippen MR) is 75.5 cm³/mol. The number of aromatic nitrogens is 2. The van der Waals surface area contributed by atoms with Crippen molar-refractivity contribution in [2.24, 2.45) is 0 Å². The molecule has 0 amide bonds. The van der Waals surface area contributed by atoms with Crippen LogP contribution in [0.4, 0.5) is 5.95 Å². The van der Waals surface area contributed by atoms with E-state index in [1.807, 2.05) is 12.1 Å². The molecule has 2 fully saturated rings. The smallest absolute Gasteiger partial charge is 0.204 e. The third-order valence-corrected chi connectivity index (χ3v) is 4.44. The molecule has 1 saturated heterocycles. The number of hydrogen-bond donors (Lipinski definition) is 1. The van der Waals surface area contributed by atoms with Crippen molar-refractivity contribution in [1.82, 2.24) is 9.97 Å². The summed E-state index contributed by atoms with van der Waals surface area (Å²) in [6.45, 7) is 2.73. The van der Waals surface area contributed by atoms with Gasteiger partial charge in [-0.05, 0) is 25.0 Å². The molecule has 4 rings (SSSR count). The predicted octanol–water partition coefficient (Wildman–Crippen LogP) is 2.71. The maximum atomic E-state index is 6.07. The standard InChI is InChI=1S/C15H19N3O/c1-2-6-13-12(5-1)16-14(17-13)18-9-10-19-15(11-18)7-3-4-8-15/h1-2,5-6H,3-4,7-11H2,(H,16,17). The van der Waals surface area contributed by atoms with Crippen LogP contribution >= 0.6 is 0 Å². The molecule has 19 heavy (non-hydrogen) atoms. The van der Waals surface area contributed by atoms with Crippen LogP contribution in [-0.2, 0) is 4.74 Å². The van der Waals surface area contributed by atoms with E-state index in [0.29, 0.717) is 0 Å². The van der Waals surface area contributed by atoms with Gasteiger partial charge in [0, 0.05) is 13.1 Å². The van der Waals surface area contributed by atoms with E-state index in [2.05, 4.69) is 22.0 Å². The Kier molecular flexibility index (Phi) is 2.52. The second-order valence-electron chi connectivity index (χ2n) is 5.74. The Morgan fingerprint density at radius 3 is 2.89 bits per heavy atom. The zero-order valence-corrected chi connectivity index (χ0v) is 11.1. The third kappa shape index (κ3) is 1.91. The largest absolute Gasteiger partial charge is 0.371 e. The fraction of sp³-hybridized carbons (Fsp3) is 0.533. The molecule has 1 aliphatic heterocycles. The van der Waals surface area contributed by atoms with Crippen LogP contribution in [0.5, 0.6) is 0 Å². The van der Waals surface area contributed by atoms with Crippen molar-refractivity contribution >= 4 is 17.0 Å². The average molecular weight is 257 g/mol. The number of benzene rings is 1. The van der Waals surface area contributed by atoms with Gasteiger partial charge < -0.3 is 14.6 Å². The van der Waals surface area contributed by atoms with E-state index >= 15 is 0 Å². The fourth-order valence-electron chi connectivity index (χ4n) is 3.44. The number of aromatic amines is 1. The van der Waals surface area contributed by atoms with Crippen LogP contribution in [0.25, 0.3) is 11.0 Å². The number of ether oxygens (including phenoxy) is 1. The van der Waals surface area contributed by atoms with Gasteiger partial charge in [-0.15, -0.1) is 0 Å². The van der Waals surface area contributed by atoms with E-state index in [1.54, 1.807) is 0 Å². The van der Waals surface area contributed by atoms with Crippen molar-refractivity contribution in [2.75, 3.05) is 24.6 Å². The lowest BCUT2D eigenvalue weighted by Gasteiger charge is -2.40. The molecule has 1 aliphatic carbocycles. The van der Waals surface area contributed by atoms with Crippen molar-refractivity contribution in [1.29, 1.82) is 0 Å². The van der Waals surface area contributed by atoms with Gasteiger partial charge >= 0.3 is 0 Å². The minimum Gasteiger partial charge on any atom is -0.371 e. The summed E-state index contributed by atoms with van der Waals surface area (Å²) in [5.41, 5.74) is 2.26. The number of hydrogen-bond acceptors (Lipinski definition) is 3. The number of H-pyrrole nitrogens is 1. The highest BCUT2D eigenvalue weighted by molar-refractivity contribution is 5.77. The third-order valence-electron chi connectivity index (χ3n) is 4.44. The van der Waals surface area contributed by atoms with Crippen molar-refractivity contribution in [2.45, 2.75) is 31.3 Å². The minimum absolute atomic E-state index is 0.0945. The van der Waals surface area contributed by atoms with Gasteiger partial charge in [-0.2, -0.15) is 0 Å². The van der Waals surface area contributed by atoms with E-state index in [4.69, 9.17) is 9.72 Å². The number of nitrogens with zero attached hydrogens (tertiary/aromatic N) is 2. The van der Waals surface area contributed by atoms with Crippen LogP contribution in [0.1, 0.15) is 25.7 Å². The minimum atomic E-state index is 0.0945. The molecule has 0 radical (unpaired) electrons. The van der Waals surface area contributed by atoms with Gasteiger partial charge in [0.1, 0.15) is 0 Å². The molecule has 4 nitrogen and oxygen atoms in total. The Morgan fingerprint density at radius 2 is 2.05 bits per heavy atom. The van der Waals surface area contributed by atoms with Crippen LogP contribution < -0.4 is 4.90 Å². The van der Waals surface area contributed by atoms with Crippen molar-refractivity contribution in [3.8, 4) is 0 Å². The monoisotopic (exact) mass is 257 g/mol. The lowest BCUT2D eigenvalue weighted by Crippen LogP contribution is -2.50. The van der Waals surface area contributed by atoms with Crippen LogP contribution in [0.15, 0.2) is 24.3 Å². The van der Waals surface area contributed by atoms with E-state index in [9.17, 15) is 0 Å². The number of imidazole rings is 1. The highest BCUT2D eigenvalue weighted by Gasteiger charge is 2.39. The molecule has 1 spiro atoms. The summed E-state index contributed by atoms with van der Waals surface area (Å²) in [5, 5.41) is 0. The molecule has 0 unspecified atom stereocenters. The van der Waals surface area contributed by atoms with E-state index in [1.165, 1.54) is 25.7 Å². The van der Waals surface area contributed by atoms with Crippen molar-refractivity contribution in [3.05, 3.63) is 24.3 Å². The molecule has 1 aromatic heterocycles. The van der Waals surface area contributed by atoms with Crippen LogP contribution in [0.2, 0.25) is 0 Å². The number of nitrogens with one attached hydrogen (secondary N) is 1. The Hall–Kier alpha value is -1.55. The molecule has 0 bridgehead atoms. The van der Waals surface area contributed by atoms with Gasteiger partial charge in [0.15, 0.2) is 0 Å². The van der Waals surface area contributed by atoms with Crippen molar-refractivity contribution in [3.63, 3.8) is 0 Å². The second kappa shape index (κ2) is 4.23. The zero-order valence-electron chi connectivity index (χ0n) is 11.1. The summed E-state index contributed by atoms with van der Waals surface area (Å²) >= 11 is 0. The first-order chi connectivity index (χ1) is 9.35. The first kappa shape index (κ1) is 11.3. The Balaban J connectivity index is 1.64. The Morgan fingerprint density at radius 1 is 1.21 bits per heavy atom. The molecule has 1 saturated carbocycles. The molecule has 100 valence electrons. The molecule has 2 aromatic rings. The first-order valence-corrected chi connectivity index (χ1v) is 7.18. The van der Waals surface area contributed by atoms with E-state index in [0.717, 1.165) is 36.7 Å². The topological polar surface area (TPSA) is 41.2 Å². The lowest BCUT2D eigenvalue weighted by molar-refractivity contribution is -0.0505. The Bertz CT molecular complexity index is 553. The van der Waals surface area contributed by atoms with Gasteiger partial charge in [-0.3, -0.25) is 0 Å². The first-order valence-electron chi connectivity index (χ1n) is 7.18. The van der Waals surface area contributed by atoms with Crippen LogP contribution in [0, 0.1) is 0 Å². The SMILES string of the molecule is c1ccc2[nH]c(N3CCOC4(CCCC4)C3)nc2c1. The summed E-state index contributed by atoms with van der Waals surface area (Å²) in [5.74, 6) is 0.996. The summed E-state index contributed by atoms with van der Waals surface area (Å²) < 4.78 is 6.07. The molecule has 2 heterocycles. The Labute approximate surface area is 112 Å². The number of morpholine rings is 1. The molecule has 1 aromatic carbocycles. The number of para-hydroxylation sites is 2. The van der Waals surface area contributed by atoms with Gasteiger partial charge in [-0.25, -0.2) is 4.98 Å². The van der Waals surface area contributed by atoms with Gasteiger partial charge in [0.2, 0.25) is 5.95 Å². The molecule has 4 heteroatoms. The second-order valence-corrected chi connectivity index (χ2v) is 5.74. The van der Waals surface area contributed by atoms with Gasteiger partial charge in [-0.1, -0.05) is 25.0 Å². The summed E-state index contributed by atoms with van der Waals surface area (Å²) in [6.07, 6.45) is 5.00. The zero-order chi connectivity index (χ0) is 12.7. The highest BCUT2D eigenvalue weighted by Crippen LogP contribution is 2.36. The van der Waals surface area contributed by atoms with Crippen LogP contribution in [-0.4, -0.2) is 35.3 Å². The van der Waals surface area contributed by atoms with E-state index < -0.39 is 0 Å². The number of anilines is 1. The average Bonchev–Trinajstić information content (AvgIpc) is 3.05. The maximum Gasteiger partial charge on any atom is 0.204 e. The number of fused-ring (bicyclic) bond motifs is 1. The normalized spacial score (nSPS) is 22.4. The maximum absolute atomic E-state index is 6.07. The van der Waals surface area contributed by atoms with Gasteiger partial charge in [0.05, 0.1) is 23.2 Å². The lowest BCUT2D eigenvalue weighted by atomic mass is 10.00. The summed E-state index contributed by atoms with van der Waals surface area (Å²) in [6, 6.07) is 8.21. The van der Waals surface area contributed by atoms with Crippen molar-refractivity contribution < 1.29 is 4.74 Å². The number of rotatable bonds is 1. The highest BCUT2D eigenvalue weighted by atomic mass is 16.5. The molecule has 0 atom stereocenters. The summed E-state index contributed by atoms with van der Waals surface area (Å²) in [7, 11) is 0. The molecule has 1 N–H and O–H groups in total. The van der Waals surface area contributed by atoms with Crippen LogP contribution in [0.3, 0.4) is 0 Å².